The van der Waals surface area contributed by atoms with Crippen LogP contribution in [-0.2, 0) is 5.92 Å². The number of nitrogens with zero attached hydrogens (tertiary/aromatic N) is 1. The van der Waals surface area contributed by atoms with E-state index in [1.807, 2.05) is 4.90 Å². The zero-order valence-corrected chi connectivity index (χ0v) is 9.71. The molecule has 0 atom stereocenters. The number of nitrogens with one attached hydrogen (secondary N) is 1. The van der Waals surface area contributed by atoms with Crippen molar-refractivity contribution >= 4 is 5.69 Å². The second-order valence-corrected chi connectivity index (χ2v) is 4.33. The maximum Gasteiger partial charge on any atom is 0.270 e. The standard InChI is InChI=1S/C12H16F2N2O/c1-12(13,14)9-2-3-10(11(17)8-9)16-6-4-15-5-7-16/h2-3,8,15,17H,4-7H2,1H3. The first kappa shape index (κ1) is 12.1. The molecule has 0 unspecified atom stereocenters. The average Bonchev–Trinajstić information content (AvgIpc) is 2.29. The fourth-order valence-corrected chi connectivity index (χ4v) is 1.97. The summed E-state index contributed by atoms with van der Waals surface area (Å²) >= 11 is 0. The van der Waals surface area contributed by atoms with Crippen LogP contribution in [0.5, 0.6) is 5.75 Å². The van der Waals surface area contributed by atoms with Crippen molar-refractivity contribution in [1.29, 1.82) is 0 Å². The molecule has 0 bridgehead atoms. The number of alkyl halides is 2. The summed E-state index contributed by atoms with van der Waals surface area (Å²) in [7, 11) is 0. The van der Waals surface area contributed by atoms with Crippen molar-refractivity contribution in [2.75, 3.05) is 31.1 Å². The third-order valence-electron chi connectivity index (χ3n) is 2.94. The minimum absolute atomic E-state index is 0.0778. The van der Waals surface area contributed by atoms with Gasteiger partial charge in [0.25, 0.3) is 5.92 Å². The van der Waals surface area contributed by atoms with Gasteiger partial charge >= 0.3 is 0 Å². The molecule has 0 aromatic heterocycles. The normalized spacial score (nSPS) is 17.2. The van der Waals surface area contributed by atoms with Gasteiger partial charge in [0.2, 0.25) is 0 Å². The predicted octanol–water partition coefficient (Wildman–Crippen LogP) is 1.91. The molecule has 17 heavy (non-hydrogen) atoms. The number of rotatable bonds is 2. The molecule has 2 rings (SSSR count). The Balaban J connectivity index is 2.25. The Morgan fingerprint density at radius 2 is 1.94 bits per heavy atom. The molecule has 0 amide bonds. The summed E-state index contributed by atoms with van der Waals surface area (Å²) in [6.45, 7) is 4.05. The summed E-state index contributed by atoms with van der Waals surface area (Å²) in [5.74, 6) is -3.00. The van der Waals surface area contributed by atoms with Crippen molar-refractivity contribution in [2.45, 2.75) is 12.8 Å². The van der Waals surface area contributed by atoms with E-state index in [2.05, 4.69) is 5.32 Å². The molecule has 2 N–H and O–H groups in total. The van der Waals surface area contributed by atoms with Crippen LogP contribution >= 0.6 is 0 Å². The second kappa shape index (κ2) is 4.49. The number of aromatic hydroxyl groups is 1. The molecule has 1 fully saturated rings. The highest BCUT2D eigenvalue weighted by atomic mass is 19.3. The Hall–Kier alpha value is -1.36. The molecule has 0 saturated carbocycles. The first-order chi connectivity index (χ1) is 7.98. The van der Waals surface area contributed by atoms with Crippen LogP contribution < -0.4 is 10.2 Å². The summed E-state index contributed by atoms with van der Waals surface area (Å²) in [5.41, 5.74) is 0.466. The molecule has 5 heteroatoms. The quantitative estimate of drug-likeness (QED) is 0.831. The summed E-state index contributed by atoms with van der Waals surface area (Å²) in [6, 6.07) is 4.09. The molecule has 1 aromatic rings. The van der Waals surface area contributed by atoms with Crippen molar-refractivity contribution in [3.05, 3.63) is 23.8 Å². The Kier molecular flexibility index (Phi) is 3.19. The van der Waals surface area contributed by atoms with Crippen LogP contribution in [0.4, 0.5) is 14.5 Å². The molecule has 94 valence electrons. The Bertz CT molecular complexity index is 398. The lowest BCUT2D eigenvalue weighted by Crippen LogP contribution is -2.43. The predicted molar refractivity (Wildman–Crippen MR) is 62.8 cm³/mol. The van der Waals surface area contributed by atoms with Gasteiger partial charge in [-0.25, -0.2) is 8.78 Å². The van der Waals surface area contributed by atoms with Gasteiger partial charge in [-0.05, 0) is 12.1 Å². The van der Waals surface area contributed by atoms with E-state index < -0.39 is 5.92 Å². The number of halogens is 2. The van der Waals surface area contributed by atoms with Crippen LogP contribution in [0.2, 0.25) is 0 Å². The van der Waals surface area contributed by atoms with Gasteiger partial charge in [0.1, 0.15) is 5.75 Å². The van der Waals surface area contributed by atoms with Crippen LogP contribution in [-0.4, -0.2) is 31.3 Å². The van der Waals surface area contributed by atoms with E-state index in [0.29, 0.717) is 5.69 Å². The van der Waals surface area contributed by atoms with Gasteiger partial charge in [0, 0.05) is 38.7 Å². The summed E-state index contributed by atoms with van der Waals surface area (Å²) < 4.78 is 26.1. The molecule has 0 aliphatic carbocycles. The first-order valence-corrected chi connectivity index (χ1v) is 5.65. The molecule has 0 radical (unpaired) electrons. The van der Waals surface area contributed by atoms with E-state index in [0.717, 1.165) is 39.2 Å². The SMILES string of the molecule is CC(F)(F)c1ccc(N2CCNCC2)c(O)c1. The molecule has 1 heterocycles. The summed E-state index contributed by atoms with van der Waals surface area (Å²) in [5, 5.41) is 13.0. The minimum atomic E-state index is -2.92. The average molecular weight is 242 g/mol. The second-order valence-electron chi connectivity index (χ2n) is 4.33. The van der Waals surface area contributed by atoms with Gasteiger partial charge in [0.15, 0.2) is 0 Å². The van der Waals surface area contributed by atoms with Crippen molar-refractivity contribution < 1.29 is 13.9 Å². The number of hydrogen-bond donors (Lipinski definition) is 2. The highest BCUT2D eigenvalue weighted by Gasteiger charge is 2.26. The third-order valence-corrected chi connectivity index (χ3v) is 2.94. The molecular formula is C12H16F2N2O. The van der Waals surface area contributed by atoms with Crippen LogP contribution in [0.15, 0.2) is 18.2 Å². The van der Waals surface area contributed by atoms with Gasteiger partial charge in [-0.2, -0.15) is 0 Å². The lowest BCUT2D eigenvalue weighted by Gasteiger charge is -2.30. The van der Waals surface area contributed by atoms with Gasteiger partial charge in [-0.15, -0.1) is 0 Å². The molecule has 1 aliphatic heterocycles. The van der Waals surface area contributed by atoms with E-state index in [1.54, 1.807) is 6.07 Å². The molecule has 1 saturated heterocycles. The van der Waals surface area contributed by atoms with Crippen LogP contribution in [0.1, 0.15) is 12.5 Å². The number of anilines is 1. The summed E-state index contributed by atoms with van der Waals surface area (Å²) in [6.07, 6.45) is 0. The van der Waals surface area contributed by atoms with Crippen LogP contribution in [0, 0.1) is 0 Å². The molecule has 1 aliphatic rings. The number of phenolic OH excluding ortho intramolecular Hbond substituents is 1. The zero-order valence-electron chi connectivity index (χ0n) is 9.71. The topological polar surface area (TPSA) is 35.5 Å². The van der Waals surface area contributed by atoms with Gasteiger partial charge in [-0.1, -0.05) is 6.07 Å². The highest BCUT2D eigenvalue weighted by molar-refractivity contribution is 5.59. The monoisotopic (exact) mass is 242 g/mol. The minimum Gasteiger partial charge on any atom is -0.506 e. The van der Waals surface area contributed by atoms with E-state index in [1.165, 1.54) is 6.07 Å². The lowest BCUT2D eigenvalue weighted by atomic mass is 10.1. The third kappa shape index (κ3) is 2.66. The van der Waals surface area contributed by atoms with Crippen molar-refractivity contribution in [1.82, 2.24) is 5.32 Å². The lowest BCUT2D eigenvalue weighted by molar-refractivity contribution is 0.0173. The Labute approximate surface area is 99.1 Å². The first-order valence-electron chi connectivity index (χ1n) is 5.65. The summed E-state index contributed by atoms with van der Waals surface area (Å²) in [4.78, 5) is 1.99. The van der Waals surface area contributed by atoms with Crippen molar-refractivity contribution in [3.8, 4) is 5.75 Å². The van der Waals surface area contributed by atoms with E-state index >= 15 is 0 Å². The Morgan fingerprint density at radius 3 is 2.47 bits per heavy atom. The van der Waals surface area contributed by atoms with E-state index in [9.17, 15) is 13.9 Å². The number of hydrogen-bond acceptors (Lipinski definition) is 3. The fraction of sp³-hybridized carbons (Fsp3) is 0.500. The molecular weight excluding hydrogens is 226 g/mol. The Morgan fingerprint density at radius 1 is 1.29 bits per heavy atom. The maximum atomic E-state index is 13.1. The van der Waals surface area contributed by atoms with Gasteiger partial charge in [0.05, 0.1) is 5.69 Å². The molecule has 1 aromatic carbocycles. The number of benzene rings is 1. The molecule has 0 spiro atoms. The maximum absolute atomic E-state index is 13.1. The largest absolute Gasteiger partial charge is 0.506 e. The van der Waals surface area contributed by atoms with E-state index in [4.69, 9.17) is 0 Å². The highest BCUT2D eigenvalue weighted by Crippen LogP contribution is 2.34. The fourth-order valence-electron chi connectivity index (χ4n) is 1.97. The number of piperazine rings is 1. The smallest absolute Gasteiger partial charge is 0.270 e. The van der Waals surface area contributed by atoms with Crippen molar-refractivity contribution in [2.24, 2.45) is 0 Å². The van der Waals surface area contributed by atoms with E-state index in [-0.39, 0.29) is 11.3 Å². The van der Waals surface area contributed by atoms with Crippen LogP contribution in [0.3, 0.4) is 0 Å². The molecule has 3 nitrogen and oxygen atoms in total. The zero-order chi connectivity index (χ0) is 12.5. The van der Waals surface area contributed by atoms with Gasteiger partial charge in [-0.3, -0.25) is 0 Å². The number of phenols is 1. The van der Waals surface area contributed by atoms with Crippen LogP contribution in [0.25, 0.3) is 0 Å². The van der Waals surface area contributed by atoms with Gasteiger partial charge < -0.3 is 15.3 Å². The van der Waals surface area contributed by atoms with Crippen molar-refractivity contribution in [3.63, 3.8) is 0 Å².